The molecule has 0 aromatic rings. The van der Waals surface area contributed by atoms with Crippen LogP contribution in [0, 0.1) is 0 Å². The van der Waals surface area contributed by atoms with Crippen LogP contribution < -0.4 is 0 Å². The lowest BCUT2D eigenvalue weighted by Gasteiger charge is -2.09. The van der Waals surface area contributed by atoms with Gasteiger partial charge in [-0.2, -0.15) is 11.8 Å². The van der Waals surface area contributed by atoms with E-state index in [0.717, 1.165) is 18.1 Å². The lowest BCUT2D eigenvalue weighted by molar-refractivity contribution is 0.128. The molecule has 1 N–H and O–H groups in total. The van der Waals surface area contributed by atoms with Gasteiger partial charge in [0, 0.05) is 18.1 Å². The number of thioether (sulfide) groups is 1. The van der Waals surface area contributed by atoms with Crippen molar-refractivity contribution in [2.24, 2.45) is 0 Å². The van der Waals surface area contributed by atoms with Gasteiger partial charge in [-0.25, -0.2) is 0 Å². The molecule has 0 spiro atoms. The van der Waals surface area contributed by atoms with Crippen LogP contribution in [0.25, 0.3) is 0 Å². The molecule has 2 atom stereocenters. The van der Waals surface area contributed by atoms with Gasteiger partial charge in [-0.05, 0) is 19.8 Å². The fourth-order valence-electron chi connectivity index (χ4n) is 1.15. The van der Waals surface area contributed by atoms with Crippen molar-refractivity contribution < 1.29 is 9.84 Å². The molecule has 0 aliphatic carbocycles. The van der Waals surface area contributed by atoms with Gasteiger partial charge in [0.1, 0.15) is 0 Å². The van der Waals surface area contributed by atoms with Crippen molar-refractivity contribution in [2.45, 2.75) is 32.0 Å². The summed E-state index contributed by atoms with van der Waals surface area (Å²) < 4.78 is 5.43. The van der Waals surface area contributed by atoms with E-state index >= 15 is 0 Å². The zero-order valence-corrected chi connectivity index (χ0v) is 7.77. The van der Waals surface area contributed by atoms with E-state index in [1.54, 1.807) is 11.8 Å². The Hall–Kier alpha value is 0.270. The molecule has 1 aliphatic rings. The van der Waals surface area contributed by atoms with E-state index in [-0.39, 0.29) is 6.10 Å². The normalized spacial score (nSPS) is 27.3. The highest BCUT2D eigenvalue weighted by atomic mass is 32.2. The Labute approximate surface area is 72.3 Å². The Morgan fingerprint density at radius 1 is 1.73 bits per heavy atom. The summed E-state index contributed by atoms with van der Waals surface area (Å²) in [5.41, 5.74) is 0. The summed E-state index contributed by atoms with van der Waals surface area (Å²) in [7, 11) is 0. The number of ether oxygens (including phenoxy) is 1. The maximum atomic E-state index is 8.96. The van der Waals surface area contributed by atoms with Crippen LogP contribution in [-0.2, 0) is 4.74 Å². The van der Waals surface area contributed by atoms with E-state index in [2.05, 4.69) is 0 Å². The highest BCUT2D eigenvalue weighted by Crippen LogP contribution is 2.17. The number of hydrogen-bond acceptors (Lipinski definition) is 3. The second kappa shape index (κ2) is 5.01. The van der Waals surface area contributed by atoms with Crippen molar-refractivity contribution in [3.8, 4) is 0 Å². The Kier molecular flexibility index (Phi) is 4.26. The highest BCUT2D eigenvalue weighted by Gasteiger charge is 2.14. The Bertz CT molecular complexity index is 100. The number of aliphatic hydroxyl groups is 1. The van der Waals surface area contributed by atoms with E-state index in [4.69, 9.17) is 9.84 Å². The van der Waals surface area contributed by atoms with E-state index < -0.39 is 0 Å². The minimum atomic E-state index is -0.179. The molecule has 1 aliphatic heterocycles. The quantitative estimate of drug-likeness (QED) is 0.699. The summed E-state index contributed by atoms with van der Waals surface area (Å²) in [5.74, 6) is 1.88. The maximum Gasteiger partial charge on any atom is 0.0666 e. The predicted octanol–water partition coefficient (Wildman–Crippen LogP) is 1.28. The molecule has 1 saturated heterocycles. The van der Waals surface area contributed by atoms with Crippen molar-refractivity contribution >= 4 is 11.8 Å². The first-order chi connectivity index (χ1) is 5.29. The molecule has 3 heteroatoms. The summed E-state index contributed by atoms with van der Waals surface area (Å²) in [5, 5.41) is 8.96. The van der Waals surface area contributed by atoms with Gasteiger partial charge in [0.05, 0.1) is 12.2 Å². The molecule has 1 fully saturated rings. The lowest BCUT2D eigenvalue weighted by atomic mass is 10.3. The van der Waals surface area contributed by atoms with Crippen LogP contribution in [0.4, 0.5) is 0 Å². The van der Waals surface area contributed by atoms with Crippen molar-refractivity contribution in [1.29, 1.82) is 0 Å². The Balaban J connectivity index is 1.94. The van der Waals surface area contributed by atoms with Crippen LogP contribution in [0.1, 0.15) is 19.8 Å². The molecule has 0 radical (unpaired) electrons. The first-order valence-electron chi connectivity index (χ1n) is 4.16. The third kappa shape index (κ3) is 3.99. The standard InChI is InChI=1S/C8H16O2S/c1-7(9)5-11-6-8-3-2-4-10-8/h7-9H,2-6H2,1H3/t7-,8?/m0/s1. The summed E-state index contributed by atoms with van der Waals surface area (Å²) in [4.78, 5) is 0. The van der Waals surface area contributed by atoms with Crippen molar-refractivity contribution in [3.05, 3.63) is 0 Å². The van der Waals surface area contributed by atoms with Crippen molar-refractivity contribution in [2.75, 3.05) is 18.1 Å². The van der Waals surface area contributed by atoms with Gasteiger partial charge in [0.2, 0.25) is 0 Å². The molecule has 2 nitrogen and oxygen atoms in total. The SMILES string of the molecule is C[C@H](O)CSCC1CCCO1. The van der Waals surface area contributed by atoms with E-state index in [9.17, 15) is 0 Å². The molecule has 0 bridgehead atoms. The zero-order chi connectivity index (χ0) is 8.10. The molecular weight excluding hydrogens is 160 g/mol. The van der Waals surface area contributed by atoms with Crippen molar-refractivity contribution in [3.63, 3.8) is 0 Å². The smallest absolute Gasteiger partial charge is 0.0666 e. The monoisotopic (exact) mass is 176 g/mol. The van der Waals surface area contributed by atoms with Gasteiger partial charge in [0.25, 0.3) is 0 Å². The first kappa shape index (κ1) is 9.36. The van der Waals surface area contributed by atoms with Gasteiger partial charge >= 0.3 is 0 Å². The summed E-state index contributed by atoms with van der Waals surface area (Å²) in [6.07, 6.45) is 2.69. The van der Waals surface area contributed by atoms with Crippen LogP contribution >= 0.6 is 11.8 Å². The molecule has 11 heavy (non-hydrogen) atoms. The second-order valence-corrected chi connectivity index (χ2v) is 4.10. The zero-order valence-electron chi connectivity index (χ0n) is 6.95. The fourth-order valence-corrected chi connectivity index (χ4v) is 2.15. The van der Waals surface area contributed by atoms with Crippen LogP contribution in [0.3, 0.4) is 0 Å². The first-order valence-corrected chi connectivity index (χ1v) is 5.32. The van der Waals surface area contributed by atoms with Gasteiger partial charge in [-0.15, -0.1) is 0 Å². The van der Waals surface area contributed by atoms with Gasteiger partial charge in [-0.1, -0.05) is 0 Å². The fraction of sp³-hybridized carbons (Fsp3) is 1.00. The average molecular weight is 176 g/mol. The summed E-state index contributed by atoms with van der Waals surface area (Å²) in [6.45, 7) is 2.75. The lowest BCUT2D eigenvalue weighted by Crippen LogP contribution is -2.11. The van der Waals surface area contributed by atoms with Crippen LogP contribution in [0.2, 0.25) is 0 Å². The summed E-state index contributed by atoms with van der Waals surface area (Å²) >= 11 is 1.78. The highest BCUT2D eigenvalue weighted by molar-refractivity contribution is 7.99. The largest absolute Gasteiger partial charge is 0.393 e. The molecule has 1 heterocycles. The molecule has 0 saturated carbocycles. The van der Waals surface area contributed by atoms with Gasteiger partial charge in [-0.3, -0.25) is 0 Å². The molecular formula is C8H16O2S. The Morgan fingerprint density at radius 3 is 3.09 bits per heavy atom. The van der Waals surface area contributed by atoms with Crippen molar-refractivity contribution in [1.82, 2.24) is 0 Å². The molecule has 0 aromatic heterocycles. The van der Waals surface area contributed by atoms with Crippen LogP contribution in [0.15, 0.2) is 0 Å². The van der Waals surface area contributed by atoms with Crippen LogP contribution in [0.5, 0.6) is 0 Å². The molecule has 0 aromatic carbocycles. The molecule has 1 unspecified atom stereocenters. The topological polar surface area (TPSA) is 29.5 Å². The predicted molar refractivity (Wildman–Crippen MR) is 48.0 cm³/mol. The average Bonchev–Trinajstić information content (AvgIpc) is 2.39. The minimum absolute atomic E-state index is 0.179. The molecule has 1 rings (SSSR count). The molecule has 0 amide bonds. The third-order valence-corrected chi connectivity index (χ3v) is 3.01. The van der Waals surface area contributed by atoms with Gasteiger partial charge in [0.15, 0.2) is 0 Å². The van der Waals surface area contributed by atoms with E-state index in [1.165, 1.54) is 12.8 Å². The van der Waals surface area contributed by atoms with Crippen LogP contribution in [-0.4, -0.2) is 35.4 Å². The van der Waals surface area contributed by atoms with E-state index in [1.807, 2.05) is 6.92 Å². The number of hydrogen-bond donors (Lipinski definition) is 1. The third-order valence-electron chi connectivity index (χ3n) is 1.69. The number of aliphatic hydroxyl groups excluding tert-OH is 1. The Morgan fingerprint density at radius 2 is 2.55 bits per heavy atom. The minimum Gasteiger partial charge on any atom is -0.393 e. The van der Waals surface area contributed by atoms with Gasteiger partial charge < -0.3 is 9.84 Å². The van der Waals surface area contributed by atoms with E-state index in [0.29, 0.717) is 6.10 Å². The second-order valence-electron chi connectivity index (χ2n) is 3.02. The summed E-state index contributed by atoms with van der Waals surface area (Å²) in [6, 6.07) is 0. The number of rotatable bonds is 4. The molecule has 66 valence electrons. The maximum absolute atomic E-state index is 8.96.